The molecule has 1 N–H and O–H groups in total. The summed E-state index contributed by atoms with van der Waals surface area (Å²) in [6.07, 6.45) is 4.85. The molecule has 0 radical (unpaired) electrons. The lowest BCUT2D eigenvalue weighted by molar-refractivity contribution is 0.315. The first kappa shape index (κ1) is 10.9. The zero-order valence-electron chi connectivity index (χ0n) is 9.82. The topological polar surface area (TPSA) is 74.5 Å². The molecule has 0 atom stereocenters. The molecule has 6 nitrogen and oxygen atoms in total. The van der Waals surface area contributed by atoms with Crippen LogP contribution in [0.5, 0.6) is 0 Å². The Bertz CT molecular complexity index is 588. The molecular formula is C12H13N5O. The van der Waals surface area contributed by atoms with E-state index in [0.29, 0.717) is 5.65 Å². The molecule has 18 heavy (non-hydrogen) atoms. The predicted molar refractivity (Wildman–Crippen MR) is 68.0 cm³/mol. The summed E-state index contributed by atoms with van der Waals surface area (Å²) in [5, 5.41) is 12.0. The van der Waals surface area contributed by atoms with E-state index in [9.17, 15) is 0 Å². The molecule has 6 heteroatoms. The SMILES string of the molecule is ON=C1CCN(c2ccc3nccnc3n2)CC1. The second-order valence-electron chi connectivity index (χ2n) is 4.22. The predicted octanol–water partition coefficient (Wildman–Crippen LogP) is 1.46. The highest BCUT2D eigenvalue weighted by Crippen LogP contribution is 2.18. The Morgan fingerprint density at radius 3 is 2.67 bits per heavy atom. The van der Waals surface area contributed by atoms with Crippen molar-refractivity contribution in [2.24, 2.45) is 5.16 Å². The molecule has 2 aromatic rings. The molecule has 1 aliphatic heterocycles. The number of piperidine rings is 1. The van der Waals surface area contributed by atoms with Gasteiger partial charge in [0, 0.05) is 38.3 Å². The van der Waals surface area contributed by atoms with E-state index >= 15 is 0 Å². The first-order valence-electron chi connectivity index (χ1n) is 5.89. The molecule has 92 valence electrons. The Morgan fingerprint density at radius 1 is 1.11 bits per heavy atom. The van der Waals surface area contributed by atoms with Crippen LogP contribution in [0, 0.1) is 0 Å². The summed E-state index contributed by atoms with van der Waals surface area (Å²) >= 11 is 0. The molecule has 1 aliphatic rings. The molecular weight excluding hydrogens is 230 g/mol. The molecule has 2 aromatic heterocycles. The average molecular weight is 243 g/mol. The van der Waals surface area contributed by atoms with Crippen LogP contribution in [0.15, 0.2) is 29.7 Å². The number of pyridine rings is 1. The van der Waals surface area contributed by atoms with E-state index in [0.717, 1.165) is 43.0 Å². The molecule has 3 rings (SSSR count). The van der Waals surface area contributed by atoms with Crippen molar-refractivity contribution >= 4 is 22.7 Å². The number of rotatable bonds is 1. The van der Waals surface area contributed by atoms with E-state index in [1.165, 1.54) is 0 Å². The lowest BCUT2D eigenvalue weighted by Gasteiger charge is -2.28. The molecule has 0 spiro atoms. The van der Waals surface area contributed by atoms with Gasteiger partial charge in [-0.25, -0.2) is 9.97 Å². The van der Waals surface area contributed by atoms with Gasteiger partial charge in [0.25, 0.3) is 0 Å². The molecule has 0 bridgehead atoms. The highest BCUT2D eigenvalue weighted by Gasteiger charge is 2.17. The maximum atomic E-state index is 8.72. The Balaban J connectivity index is 1.86. The molecule has 1 saturated heterocycles. The monoisotopic (exact) mass is 243 g/mol. The number of nitrogens with zero attached hydrogens (tertiary/aromatic N) is 5. The Morgan fingerprint density at radius 2 is 1.89 bits per heavy atom. The van der Waals surface area contributed by atoms with Crippen LogP contribution < -0.4 is 4.90 Å². The van der Waals surface area contributed by atoms with Crippen LogP contribution in [0.2, 0.25) is 0 Å². The standard InChI is InChI=1S/C12H13N5O/c18-16-9-3-7-17(8-4-9)11-2-1-10-12(15-11)14-6-5-13-10/h1-2,5-6,18H,3-4,7-8H2. The van der Waals surface area contributed by atoms with Crippen molar-refractivity contribution in [3.63, 3.8) is 0 Å². The van der Waals surface area contributed by atoms with Gasteiger partial charge in [0.1, 0.15) is 11.3 Å². The van der Waals surface area contributed by atoms with Crippen LogP contribution in [-0.4, -0.2) is 39.0 Å². The fourth-order valence-corrected chi connectivity index (χ4v) is 2.11. The van der Waals surface area contributed by atoms with Gasteiger partial charge in [-0.3, -0.25) is 4.98 Å². The van der Waals surface area contributed by atoms with Crippen molar-refractivity contribution in [1.82, 2.24) is 15.0 Å². The van der Waals surface area contributed by atoms with Crippen molar-refractivity contribution in [3.8, 4) is 0 Å². The van der Waals surface area contributed by atoms with Gasteiger partial charge < -0.3 is 10.1 Å². The van der Waals surface area contributed by atoms with Crippen LogP contribution in [0.4, 0.5) is 5.82 Å². The molecule has 0 unspecified atom stereocenters. The normalized spacial score (nSPS) is 16.0. The van der Waals surface area contributed by atoms with E-state index in [4.69, 9.17) is 5.21 Å². The second kappa shape index (κ2) is 4.56. The minimum absolute atomic E-state index is 0.664. The summed E-state index contributed by atoms with van der Waals surface area (Å²) in [6.45, 7) is 1.64. The van der Waals surface area contributed by atoms with Crippen LogP contribution in [0.3, 0.4) is 0 Å². The van der Waals surface area contributed by atoms with E-state index < -0.39 is 0 Å². The number of hydrogen-bond donors (Lipinski definition) is 1. The van der Waals surface area contributed by atoms with Crippen molar-refractivity contribution in [1.29, 1.82) is 0 Å². The number of aromatic nitrogens is 3. The third kappa shape index (κ3) is 1.97. The van der Waals surface area contributed by atoms with Crippen LogP contribution in [0.1, 0.15) is 12.8 Å². The summed E-state index contributed by atoms with van der Waals surface area (Å²) in [5.74, 6) is 0.903. The van der Waals surface area contributed by atoms with Crippen molar-refractivity contribution in [2.75, 3.05) is 18.0 Å². The molecule has 0 amide bonds. The van der Waals surface area contributed by atoms with Gasteiger partial charge in [-0.1, -0.05) is 5.16 Å². The molecule has 1 fully saturated rings. The number of oxime groups is 1. The van der Waals surface area contributed by atoms with Crippen LogP contribution in [-0.2, 0) is 0 Å². The summed E-state index contributed by atoms with van der Waals surface area (Å²) < 4.78 is 0. The van der Waals surface area contributed by atoms with Crippen LogP contribution in [0.25, 0.3) is 11.2 Å². The van der Waals surface area contributed by atoms with Gasteiger partial charge >= 0.3 is 0 Å². The lowest BCUT2D eigenvalue weighted by Crippen LogP contribution is -2.34. The molecule has 3 heterocycles. The summed E-state index contributed by atoms with van der Waals surface area (Å²) in [7, 11) is 0. The zero-order chi connectivity index (χ0) is 12.4. The van der Waals surface area contributed by atoms with Crippen molar-refractivity contribution < 1.29 is 5.21 Å². The highest BCUT2D eigenvalue weighted by atomic mass is 16.4. The van der Waals surface area contributed by atoms with Gasteiger partial charge in [-0.15, -0.1) is 0 Å². The third-order valence-electron chi connectivity index (χ3n) is 3.12. The lowest BCUT2D eigenvalue weighted by atomic mass is 10.1. The Kier molecular flexibility index (Phi) is 2.76. The van der Waals surface area contributed by atoms with Crippen molar-refractivity contribution in [2.45, 2.75) is 12.8 Å². The fraction of sp³-hybridized carbons (Fsp3) is 0.333. The Labute approximate surface area is 104 Å². The average Bonchev–Trinajstić information content (AvgIpc) is 2.47. The second-order valence-corrected chi connectivity index (χ2v) is 4.22. The largest absolute Gasteiger partial charge is 0.411 e. The molecule has 0 aliphatic carbocycles. The maximum Gasteiger partial charge on any atom is 0.180 e. The minimum atomic E-state index is 0.664. The van der Waals surface area contributed by atoms with Gasteiger partial charge in [0.15, 0.2) is 5.65 Å². The quantitative estimate of drug-likeness (QED) is 0.606. The molecule has 0 saturated carbocycles. The number of fused-ring (bicyclic) bond motifs is 1. The first-order chi connectivity index (χ1) is 8.86. The van der Waals surface area contributed by atoms with E-state index in [-0.39, 0.29) is 0 Å². The van der Waals surface area contributed by atoms with Crippen molar-refractivity contribution in [3.05, 3.63) is 24.5 Å². The van der Waals surface area contributed by atoms with Gasteiger partial charge in [-0.2, -0.15) is 0 Å². The summed E-state index contributed by atoms with van der Waals surface area (Å²) in [5.41, 5.74) is 2.32. The van der Waals surface area contributed by atoms with Crippen LogP contribution >= 0.6 is 0 Å². The Hall–Kier alpha value is -2.24. The highest BCUT2D eigenvalue weighted by molar-refractivity contribution is 5.86. The smallest absolute Gasteiger partial charge is 0.180 e. The van der Waals surface area contributed by atoms with E-state index in [1.807, 2.05) is 12.1 Å². The van der Waals surface area contributed by atoms with Gasteiger partial charge in [0.2, 0.25) is 0 Å². The summed E-state index contributed by atoms with van der Waals surface area (Å²) in [4.78, 5) is 15.1. The molecule has 0 aromatic carbocycles. The first-order valence-corrected chi connectivity index (χ1v) is 5.89. The number of anilines is 1. The third-order valence-corrected chi connectivity index (χ3v) is 3.12. The maximum absolute atomic E-state index is 8.72. The number of hydrogen-bond acceptors (Lipinski definition) is 6. The minimum Gasteiger partial charge on any atom is -0.411 e. The van der Waals surface area contributed by atoms with Gasteiger partial charge in [-0.05, 0) is 12.1 Å². The van der Waals surface area contributed by atoms with Gasteiger partial charge in [0.05, 0.1) is 5.71 Å². The van der Waals surface area contributed by atoms with E-state index in [2.05, 4.69) is 25.0 Å². The fourth-order valence-electron chi connectivity index (χ4n) is 2.11. The zero-order valence-corrected chi connectivity index (χ0v) is 9.82. The van der Waals surface area contributed by atoms with E-state index in [1.54, 1.807) is 12.4 Å². The summed E-state index contributed by atoms with van der Waals surface area (Å²) in [6, 6.07) is 3.89.